The van der Waals surface area contributed by atoms with Crippen LogP contribution in [0.3, 0.4) is 0 Å². The van der Waals surface area contributed by atoms with Gasteiger partial charge < -0.3 is 21.4 Å². The summed E-state index contributed by atoms with van der Waals surface area (Å²) >= 11 is 0. The minimum atomic E-state index is -0.0997. The first-order valence-electron chi connectivity index (χ1n) is 14.0. The summed E-state index contributed by atoms with van der Waals surface area (Å²) in [4.78, 5) is 15.9. The van der Waals surface area contributed by atoms with E-state index in [-0.39, 0.29) is 12.1 Å². The van der Waals surface area contributed by atoms with E-state index in [0.29, 0.717) is 11.8 Å². The lowest BCUT2D eigenvalue weighted by Crippen LogP contribution is -2.18. The molecule has 6 N–H and O–H groups in total. The monoisotopic (exact) mass is 528 g/mol. The summed E-state index contributed by atoms with van der Waals surface area (Å²) in [6.45, 7) is 8.42. The molecule has 4 aromatic carbocycles. The van der Waals surface area contributed by atoms with Crippen molar-refractivity contribution in [2.24, 2.45) is 23.3 Å². The molecule has 0 spiro atoms. The molecule has 6 rings (SSSR count). The van der Waals surface area contributed by atoms with Gasteiger partial charge in [-0.15, -0.1) is 0 Å². The molecular formula is C34H36N6. The molecule has 6 nitrogen and oxygen atoms in total. The fourth-order valence-corrected chi connectivity index (χ4v) is 5.12. The molecule has 6 aromatic rings. The number of nitrogens with one attached hydrogen (secondary N) is 2. The Morgan fingerprint density at radius 2 is 0.825 bits per heavy atom. The summed E-state index contributed by atoms with van der Waals surface area (Å²) < 4.78 is 0. The van der Waals surface area contributed by atoms with Crippen molar-refractivity contribution < 1.29 is 0 Å². The maximum atomic E-state index is 6.28. The zero-order valence-electron chi connectivity index (χ0n) is 23.4. The number of aromatic amines is 2. The van der Waals surface area contributed by atoms with Crippen LogP contribution in [0.4, 0.5) is 0 Å². The van der Waals surface area contributed by atoms with Gasteiger partial charge in [-0.3, -0.25) is 0 Å². The van der Waals surface area contributed by atoms with Crippen LogP contribution in [0, 0.1) is 11.8 Å². The van der Waals surface area contributed by atoms with E-state index < -0.39 is 0 Å². The molecule has 40 heavy (non-hydrogen) atoms. The lowest BCUT2D eigenvalue weighted by molar-refractivity contribution is 0.494. The van der Waals surface area contributed by atoms with E-state index in [2.05, 4.69) is 120 Å². The van der Waals surface area contributed by atoms with Gasteiger partial charge in [-0.25, -0.2) is 9.97 Å². The highest BCUT2D eigenvalue weighted by molar-refractivity contribution is 5.94. The predicted molar refractivity (Wildman–Crippen MR) is 166 cm³/mol. The van der Waals surface area contributed by atoms with E-state index in [4.69, 9.17) is 11.5 Å². The summed E-state index contributed by atoms with van der Waals surface area (Å²) in [7, 11) is 0. The average molecular weight is 529 g/mol. The van der Waals surface area contributed by atoms with Crippen LogP contribution in [0.2, 0.25) is 0 Å². The Morgan fingerprint density at radius 3 is 1.18 bits per heavy atom. The number of aromatic nitrogens is 4. The maximum absolute atomic E-state index is 6.28. The lowest BCUT2D eigenvalue weighted by atomic mass is 9.97. The van der Waals surface area contributed by atoms with Crippen LogP contribution in [0.15, 0.2) is 85.2 Å². The minimum absolute atomic E-state index is 0.0997. The van der Waals surface area contributed by atoms with Crippen molar-refractivity contribution >= 4 is 21.5 Å². The van der Waals surface area contributed by atoms with Crippen LogP contribution in [0.1, 0.15) is 51.4 Å². The second kappa shape index (κ2) is 10.4. The summed E-state index contributed by atoms with van der Waals surface area (Å²) in [5, 5.41) is 4.77. The number of nitrogens with zero attached hydrogens (tertiary/aromatic N) is 2. The second-order valence-electron chi connectivity index (χ2n) is 11.5. The number of fused-ring (bicyclic) bond motifs is 2. The largest absolute Gasteiger partial charge is 0.341 e. The standard InChI is InChI=1S/C34H36N6/c1-19(2)31(35)33-37-17-29(39-33)27-11-9-23-13-21(5-7-25(23)15-27)22-6-8-26-16-28(12-10-24(26)14-22)30-18-38-34(40-30)32(36)20(3)4/h5-20,31-32H,35-36H2,1-4H3,(H,37,39)(H,38,40)/t31-,32?/m0/s1. The minimum Gasteiger partial charge on any atom is -0.341 e. The van der Waals surface area contributed by atoms with Gasteiger partial charge in [0, 0.05) is 11.1 Å². The molecule has 0 saturated heterocycles. The van der Waals surface area contributed by atoms with E-state index in [1.165, 1.54) is 32.7 Å². The van der Waals surface area contributed by atoms with Gasteiger partial charge in [0.05, 0.1) is 35.9 Å². The van der Waals surface area contributed by atoms with E-state index in [1.54, 1.807) is 0 Å². The highest BCUT2D eigenvalue weighted by Crippen LogP contribution is 2.32. The molecule has 0 bridgehead atoms. The van der Waals surface area contributed by atoms with Crippen LogP contribution in [-0.2, 0) is 0 Å². The molecule has 0 fully saturated rings. The SMILES string of the molecule is CC(C)C(N)c1ncc(-c2ccc3cc(-c4ccc5cc(-c6cnc([C@@H](N)C(C)C)[nH]6)ccc5c4)ccc3c2)[nH]1. The molecule has 6 heteroatoms. The predicted octanol–water partition coefficient (Wildman–Crippen LogP) is 7.75. The van der Waals surface area contributed by atoms with Gasteiger partial charge in [-0.05, 0) is 68.8 Å². The molecule has 1 unspecified atom stereocenters. The van der Waals surface area contributed by atoms with E-state index in [9.17, 15) is 0 Å². The molecule has 0 amide bonds. The van der Waals surface area contributed by atoms with Crippen molar-refractivity contribution in [3.05, 3.63) is 96.8 Å². The average Bonchev–Trinajstić information content (AvgIpc) is 3.66. The number of H-pyrrole nitrogens is 2. The number of hydrogen-bond donors (Lipinski definition) is 4. The Morgan fingerprint density at radius 1 is 0.500 bits per heavy atom. The van der Waals surface area contributed by atoms with Crippen LogP contribution in [0.5, 0.6) is 0 Å². The third-order valence-corrected chi connectivity index (χ3v) is 7.89. The lowest BCUT2D eigenvalue weighted by Gasteiger charge is -2.12. The first kappa shape index (κ1) is 26.0. The van der Waals surface area contributed by atoms with E-state index in [0.717, 1.165) is 34.2 Å². The van der Waals surface area contributed by atoms with Gasteiger partial charge in [0.2, 0.25) is 0 Å². The van der Waals surface area contributed by atoms with Crippen molar-refractivity contribution in [3.63, 3.8) is 0 Å². The molecule has 0 aliphatic heterocycles. The highest BCUT2D eigenvalue weighted by atomic mass is 15.0. The summed E-state index contributed by atoms with van der Waals surface area (Å²) in [5.41, 5.74) is 19.1. The fourth-order valence-electron chi connectivity index (χ4n) is 5.12. The summed E-state index contributed by atoms with van der Waals surface area (Å²) in [6.07, 6.45) is 3.75. The number of nitrogens with two attached hydrogens (primary N) is 2. The van der Waals surface area contributed by atoms with Crippen LogP contribution < -0.4 is 11.5 Å². The molecule has 0 radical (unpaired) electrons. The van der Waals surface area contributed by atoms with E-state index in [1.807, 2.05) is 12.4 Å². The Balaban J connectivity index is 1.26. The molecule has 0 aliphatic rings. The van der Waals surface area contributed by atoms with Crippen molar-refractivity contribution in [3.8, 4) is 33.6 Å². The second-order valence-corrected chi connectivity index (χ2v) is 11.5. The van der Waals surface area contributed by atoms with Gasteiger partial charge in [0.25, 0.3) is 0 Å². The molecule has 0 aliphatic carbocycles. The number of imidazole rings is 2. The molecule has 202 valence electrons. The van der Waals surface area contributed by atoms with Gasteiger partial charge in [-0.2, -0.15) is 0 Å². The quantitative estimate of drug-likeness (QED) is 0.170. The number of rotatable bonds is 7. The molecule has 0 saturated carbocycles. The summed E-state index contributed by atoms with van der Waals surface area (Å²) in [6, 6.07) is 26.1. The van der Waals surface area contributed by atoms with E-state index >= 15 is 0 Å². The van der Waals surface area contributed by atoms with Crippen LogP contribution in [0.25, 0.3) is 55.2 Å². The number of hydrogen-bond acceptors (Lipinski definition) is 4. The summed E-state index contributed by atoms with van der Waals surface area (Å²) in [5.74, 6) is 2.30. The number of benzene rings is 4. The first-order valence-corrected chi connectivity index (χ1v) is 14.0. The third-order valence-electron chi connectivity index (χ3n) is 7.89. The topological polar surface area (TPSA) is 109 Å². The van der Waals surface area contributed by atoms with Crippen molar-refractivity contribution in [2.45, 2.75) is 39.8 Å². The van der Waals surface area contributed by atoms with Gasteiger partial charge in [-0.1, -0.05) is 76.2 Å². The van der Waals surface area contributed by atoms with Gasteiger partial charge in [0.1, 0.15) is 11.6 Å². The van der Waals surface area contributed by atoms with Gasteiger partial charge in [0.15, 0.2) is 0 Å². The van der Waals surface area contributed by atoms with Crippen molar-refractivity contribution in [2.75, 3.05) is 0 Å². The Labute approximate surface area is 234 Å². The van der Waals surface area contributed by atoms with Crippen LogP contribution in [-0.4, -0.2) is 19.9 Å². The maximum Gasteiger partial charge on any atom is 0.123 e. The molecule has 2 aromatic heterocycles. The smallest absolute Gasteiger partial charge is 0.123 e. The Kier molecular flexibility index (Phi) is 6.74. The van der Waals surface area contributed by atoms with Crippen LogP contribution >= 0.6 is 0 Å². The highest BCUT2D eigenvalue weighted by Gasteiger charge is 2.16. The van der Waals surface area contributed by atoms with Crippen molar-refractivity contribution in [1.29, 1.82) is 0 Å². The third kappa shape index (κ3) is 4.92. The molecule has 2 heterocycles. The zero-order chi connectivity index (χ0) is 28.0. The first-order chi connectivity index (χ1) is 19.3. The van der Waals surface area contributed by atoms with Gasteiger partial charge >= 0.3 is 0 Å². The zero-order valence-corrected chi connectivity index (χ0v) is 23.4. The van der Waals surface area contributed by atoms with Crippen molar-refractivity contribution in [1.82, 2.24) is 19.9 Å². The molecular weight excluding hydrogens is 492 g/mol. The normalized spacial score (nSPS) is 13.5. The molecule has 2 atom stereocenters. The fraction of sp³-hybridized carbons (Fsp3) is 0.235. The Bertz CT molecular complexity index is 1680. The Hall–Kier alpha value is -4.26.